The Morgan fingerprint density at radius 1 is 1.40 bits per heavy atom. The van der Waals surface area contributed by atoms with Crippen LogP contribution in [0.15, 0.2) is 23.8 Å². The first-order chi connectivity index (χ1) is 9.81. The Morgan fingerprint density at radius 3 is 3.00 bits per heavy atom. The summed E-state index contributed by atoms with van der Waals surface area (Å²) in [4.78, 5) is 17.4. The zero-order valence-corrected chi connectivity index (χ0v) is 12.2. The second-order valence-corrected chi connectivity index (χ2v) is 5.35. The molecule has 0 saturated carbocycles. The van der Waals surface area contributed by atoms with Gasteiger partial charge in [0.1, 0.15) is 5.52 Å². The van der Waals surface area contributed by atoms with E-state index in [1.54, 1.807) is 24.7 Å². The Kier molecular flexibility index (Phi) is 3.51. The van der Waals surface area contributed by atoms with Crippen LogP contribution in [-0.2, 0) is 0 Å². The maximum atomic E-state index is 4.49. The van der Waals surface area contributed by atoms with E-state index < -0.39 is 0 Å². The maximum Gasteiger partial charge on any atom is 0.226 e. The van der Waals surface area contributed by atoms with Gasteiger partial charge < -0.3 is 15.6 Å². The summed E-state index contributed by atoms with van der Waals surface area (Å²) < 4.78 is 0. The number of H-pyrrole nitrogens is 1. The molecule has 0 bridgehead atoms. The third-order valence-electron chi connectivity index (χ3n) is 3.12. The quantitative estimate of drug-likeness (QED) is 0.672. The molecule has 0 radical (unpaired) electrons. The molecule has 3 aromatic heterocycles. The standard InChI is InChI=1S/C13H16N6S/c1-3-8(9-5-4-6-20-9)17-12-10-11(16-7-15-10)18-13(14-2)19-12/h4-8H,3H2,1-2H3,(H3,14,15,16,17,18,19). The smallest absolute Gasteiger partial charge is 0.226 e. The maximum absolute atomic E-state index is 4.49. The fourth-order valence-electron chi connectivity index (χ4n) is 2.08. The highest BCUT2D eigenvalue weighted by Crippen LogP contribution is 2.28. The highest BCUT2D eigenvalue weighted by Gasteiger charge is 2.15. The third kappa shape index (κ3) is 2.32. The van der Waals surface area contributed by atoms with Crippen LogP contribution in [0.4, 0.5) is 11.8 Å². The van der Waals surface area contributed by atoms with Gasteiger partial charge in [-0.2, -0.15) is 9.97 Å². The molecule has 0 aliphatic carbocycles. The first kappa shape index (κ1) is 12.9. The molecule has 7 heteroatoms. The van der Waals surface area contributed by atoms with E-state index >= 15 is 0 Å². The summed E-state index contributed by atoms with van der Waals surface area (Å²) in [5.74, 6) is 1.34. The summed E-state index contributed by atoms with van der Waals surface area (Å²) >= 11 is 1.74. The molecule has 3 N–H and O–H groups in total. The first-order valence-electron chi connectivity index (χ1n) is 6.50. The molecule has 6 nitrogen and oxygen atoms in total. The van der Waals surface area contributed by atoms with Crippen LogP contribution in [0, 0.1) is 0 Å². The molecular weight excluding hydrogens is 272 g/mol. The van der Waals surface area contributed by atoms with Crippen molar-refractivity contribution >= 4 is 34.3 Å². The summed E-state index contributed by atoms with van der Waals surface area (Å²) in [7, 11) is 1.80. The van der Waals surface area contributed by atoms with Crippen molar-refractivity contribution in [1.82, 2.24) is 19.9 Å². The number of aromatic nitrogens is 4. The third-order valence-corrected chi connectivity index (χ3v) is 4.10. The molecule has 0 aromatic carbocycles. The van der Waals surface area contributed by atoms with E-state index in [0.717, 1.165) is 17.8 Å². The Bertz CT molecular complexity index is 690. The number of rotatable bonds is 5. The van der Waals surface area contributed by atoms with Gasteiger partial charge in [-0.25, -0.2) is 4.98 Å². The van der Waals surface area contributed by atoms with Crippen LogP contribution in [0.5, 0.6) is 0 Å². The van der Waals surface area contributed by atoms with Crippen LogP contribution >= 0.6 is 11.3 Å². The number of nitrogens with zero attached hydrogens (tertiary/aromatic N) is 3. The van der Waals surface area contributed by atoms with Gasteiger partial charge in [0.05, 0.1) is 12.4 Å². The van der Waals surface area contributed by atoms with Gasteiger partial charge in [0, 0.05) is 11.9 Å². The highest BCUT2D eigenvalue weighted by molar-refractivity contribution is 7.10. The van der Waals surface area contributed by atoms with Crippen LogP contribution < -0.4 is 10.6 Å². The van der Waals surface area contributed by atoms with Gasteiger partial charge in [0.2, 0.25) is 5.95 Å². The molecule has 0 aliphatic heterocycles. The SMILES string of the molecule is CCC(Nc1nc(NC)nc2nc[nH]c12)c1cccs1. The van der Waals surface area contributed by atoms with Gasteiger partial charge in [-0.3, -0.25) is 0 Å². The predicted molar refractivity (Wildman–Crippen MR) is 82.2 cm³/mol. The molecule has 104 valence electrons. The zero-order valence-electron chi connectivity index (χ0n) is 11.3. The van der Waals surface area contributed by atoms with Gasteiger partial charge in [-0.05, 0) is 17.9 Å². The van der Waals surface area contributed by atoms with Crippen LogP contribution in [0.1, 0.15) is 24.3 Å². The monoisotopic (exact) mass is 288 g/mol. The molecule has 1 atom stereocenters. The number of hydrogen-bond acceptors (Lipinski definition) is 6. The number of thiophene rings is 1. The summed E-state index contributed by atoms with van der Waals surface area (Å²) in [6.45, 7) is 2.15. The number of anilines is 2. The minimum Gasteiger partial charge on any atom is -0.361 e. The fourth-order valence-corrected chi connectivity index (χ4v) is 2.94. The lowest BCUT2D eigenvalue weighted by Gasteiger charge is -2.16. The van der Waals surface area contributed by atoms with E-state index in [1.165, 1.54) is 4.88 Å². The number of imidazole rings is 1. The van der Waals surface area contributed by atoms with Crippen molar-refractivity contribution in [3.63, 3.8) is 0 Å². The van der Waals surface area contributed by atoms with Crippen molar-refractivity contribution in [3.05, 3.63) is 28.7 Å². The predicted octanol–water partition coefficient (Wildman–Crippen LogP) is 3.02. The van der Waals surface area contributed by atoms with E-state index in [0.29, 0.717) is 11.6 Å². The Hall–Kier alpha value is -2.15. The van der Waals surface area contributed by atoms with E-state index in [-0.39, 0.29) is 6.04 Å². The normalized spacial score (nSPS) is 12.5. The summed E-state index contributed by atoms with van der Waals surface area (Å²) in [5, 5.41) is 8.53. The molecule has 1 unspecified atom stereocenters. The number of hydrogen-bond donors (Lipinski definition) is 3. The number of nitrogens with one attached hydrogen (secondary N) is 3. The van der Waals surface area contributed by atoms with E-state index in [2.05, 4.69) is 55.0 Å². The van der Waals surface area contributed by atoms with Crippen LogP contribution in [0.3, 0.4) is 0 Å². The number of aromatic amines is 1. The first-order valence-corrected chi connectivity index (χ1v) is 7.38. The molecule has 0 aliphatic rings. The molecule has 0 spiro atoms. The molecule has 3 heterocycles. The van der Waals surface area contributed by atoms with Gasteiger partial charge in [-0.1, -0.05) is 13.0 Å². The molecule has 20 heavy (non-hydrogen) atoms. The lowest BCUT2D eigenvalue weighted by Crippen LogP contribution is -2.11. The Balaban J connectivity index is 1.98. The minimum atomic E-state index is 0.237. The zero-order chi connectivity index (χ0) is 13.9. The second kappa shape index (κ2) is 5.46. The summed E-state index contributed by atoms with van der Waals surface area (Å²) in [6.07, 6.45) is 2.62. The van der Waals surface area contributed by atoms with Crippen molar-refractivity contribution in [2.24, 2.45) is 0 Å². The summed E-state index contributed by atoms with van der Waals surface area (Å²) in [6, 6.07) is 4.44. The largest absolute Gasteiger partial charge is 0.361 e. The van der Waals surface area contributed by atoms with Gasteiger partial charge in [0.15, 0.2) is 11.5 Å². The number of fused-ring (bicyclic) bond motifs is 1. The van der Waals surface area contributed by atoms with E-state index in [4.69, 9.17) is 0 Å². The van der Waals surface area contributed by atoms with Gasteiger partial charge in [0.25, 0.3) is 0 Å². The van der Waals surface area contributed by atoms with E-state index in [9.17, 15) is 0 Å². The lowest BCUT2D eigenvalue weighted by atomic mass is 10.2. The average molecular weight is 288 g/mol. The molecule has 0 amide bonds. The van der Waals surface area contributed by atoms with Crippen LogP contribution in [0.25, 0.3) is 11.2 Å². The molecule has 0 saturated heterocycles. The van der Waals surface area contributed by atoms with Crippen molar-refractivity contribution in [3.8, 4) is 0 Å². The lowest BCUT2D eigenvalue weighted by molar-refractivity contribution is 0.759. The second-order valence-electron chi connectivity index (χ2n) is 4.37. The van der Waals surface area contributed by atoms with Crippen molar-refractivity contribution < 1.29 is 0 Å². The Labute approximate surface area is 120 Å². The molecule has 3 aromatic rings. The van der Waals surface area contributed by atoms with Gasteiger partial charge in [-0.15, -0.1) is 11.3 Å². The van der Waals surface area contributed by atoms with Crippen molar-refractivity contribution in [2.75, 3.05) is 17.7 Å². The minimum absolute atomic E-state index is 0.237. The van der Waals surface area contributed by atoms with Crippen molar-refractivity contribution in [2.45, 2.75) is 19.4 Å². The fraction of sp³-hybridized carbons (Fsp3) is 0.308. The average Bonchev–Trinajstić information content (AvgIpc) is 3.14. The van der Waals surface area contributed by atoms with E-state index in [1.807, 2.05) is 0 Å². The van der Waals surface area contributed by atoms with Gasteiger partial charge >= 0.3 is 0 Å². The highest BCUT2D eigenvalue weighted by atomic mass is 32.1. The van der Waals surface area contributed by atoms with Crippen LogP contribution in [-0.4, -0.2) is 27.0 Å². The molecule has 3 rings (SSSR count). The summed E-state index contributed by atoms with van der Waals surface area (Å²) in [5.41, 5.74) is 1.49. The molecular formula is C13H16N6S. The van der Waals surface area contributed by atoms with Crippen molar-refractivity contribution in [1.29, 1.82) is 0 Å². The molecule has 0 fully saturated rings. The Morgan fingerprint density at radius 2 is 2.30 bits per heavy atom. The topological polar surface area (TPSA) is 78.5 Å². The van der Waals surface area contributed by atoms with Crippen LogP contribution in [0.2, 0.25) is 0 Å².